The zero-order valence-electron chi connectivity index (χ0n) is 14.0. The van der Waals surface area contributed by atoms with Gasteiger partial charge in [0.25, 0.3) is 0 Å². The number of hydrogen-bond donors (Lipinski definition) is 1. The fourth-order valence-electron chi connectivity index (χ4n) is 3.10. The fourth-order valence-corrected chi connectivity index (χ4v) is 3.10. The van der Waals surface area contributed by atoms with Gasteiger partial charge in [-0.2, -0.15) is 0 Å². The summed E-state index contributed by atoms with van der Waals surface area (Å²) in [5.74, 6) is 1.41. The Bertz CT molecular complexity index is 542. The predicted octanol–water partition coefficient (Wildman–Crippen LogP) is 4.68. The number of aliphatic hydroxyl groups is 1. The van der Waals surface area contributed by atoms with E-state index in [1.54, 1.807) is 7.11 Å². The maximum Gasteiger partial charge on any atom is 0.119 e. The Morgan fingerprint density at radius 3 is 2.91 bits per heavy atom. The maximum absolute atomic E-state index is 9.98. The zero-order chi connectivity index (χ0) is 15.9. The zero-order valence-corrected chi connectivity index (χ0v) is 14.0. The van der Waals surface area contributed by atoms with Crippen LogP contribution in [-0.4, -0.2) is 18.3 Å². The minimum absolute atomic E-state index is 0.201. The van der Waals surface area contributed by atoms with Crippen molar-refractivity contribution in [3.63, 3.8) is 0 Å². The number of methoxy groups -OCH3 is 1. The average Bonchev–Trinajstić information content (AvgIpc) is 2.83. The molecule has 0 aromatic heterocycles. The first-order valence-electron chi connectivity index (χ1n) is 8.26. The molecule has 0 bridgehead atoms. The Morgan fingerprint density at radius 1 is 1.41 bits per heavy atom. The Labute approximate surface area is 134 Å². The minimum Gasteiger partial charge on any atom is -0.497 e. The Morgan fingerprint density at radius 2 is 2.23 bits per heavy atom. The largest absolute Gasteiger partial charge is 0.497 e. The van der Waals surface area contributed by atoms with Crippen LogP contribution in [-0.2, 0) is 6.42 Å². The van der Waals surface area contributed by atoms with Gasteiger partial charge in [-0.3, -0.25) is 0 Å². The van der Waals surface area contributed by atoms with Gasteiger partial charge >= 0.3 is 0 Å². The van der Waals surface area contributed by atoms with Crippen LogP contribution in [0.4, 0.5) is 0 Å². The molecule has 0 spiro atoms. The van der Waals surface area contributed by atoms with Crippen LogP contribution in [0, 0.1) is 5.92 Å². The van der Waals surface area contributed by atoms with Crippen LogP contribution < -0.4 is 4.74 Å². The molecule has 120 valence electrons. The number of rotatable bonds is 7. The number of allylic oxidation sites excluding steroid dienone is 3. The van der Waals surface area contributed by atoms with Gasteiger partial charge in [0.1, 0.15) is 5.75 Å². The molecule has 0 saturated heterocycles. The SMILES string of the molecule is COc1cccc(CCC=C[C@H](C)CC2=C(C)CC[C@H]2O)c1. The standard InChI is InChI=1S/C20H28O2/c1-15(13-19-16(2)11-12-20(19)21)7-4-5-8-17-9-6-10-18(14-17)22-3/h4,6-7,9-10,14-15,20-21H,5,8,11-13H2,1-3H3/t15-,20+/m0/s1. The highest BCUT2D eigenvalue weighted by atomic mass is 16.5. The number of ether oxygens (including phenoxy) is 1. The summed E-state index contributed by atoms with van der Waals surface area (Å²) in [5, 5.41) is 9.98. The van der Waals surface area contributed by atoms with Crippen molar-refractivity contribution in [3.8, 4) is 5.75 Å². The van der Waals surface area contributed by atoms with E-state index in [9.17, 15) is 5.11 Å². The molecule has 0 radical (unpaired) electrons. The van der Waals surface area contributed by atoms with Crippen LogP contribution >= 0.6 is 0 Å². The van der Waals surface area contributed by atoms with Gasteiger partial charge in [0.15, 0.2) is 0 Å². The molecule has 1 aromatic rings. The van der Waals surface area contributed by atoms with Crippen LogP contribution in [0.2, 0.25) is 0 Å². The number of aryl methyl sites for hydroxylation is 1. The molecular weight excluding hydrogens is 272 g/mol. The van der Waals surface area contributed by atoms with E-state index in [0.717, 1.165) is 37.9 Å². The van der Waals surface area contributed by atoms with Gasteiger partial charge in [-0.05, 0) is 68.2 Å². The van der Waals surface area contributed by atoms with E-state index in [0.29, 0.717) is 5.92 Å². The molecule has 1 aromatic carbocycles. The first kappa shape index (κ1) is 16.8. The molecule has 2 nitrogen and oxygen atoms in total. The van der Waals surface area contributed by atoms with Crippen LogP contribution in [0.3, 0.4) is 0 Å². The highest BCUT2D eigenvalue weighted by Gasteiger charge is 2.21. The van der Waals surface area contributed by atoms with Gasteiger partial charge in [0.2, 0.25) is 0 Å². The molecule has 1 N–H and O–H groups in total. The van der Waals surface area contributed by atoms with Gasteiger partial charge in [0, 0.05) is 0 Å². The lowest BCUT2D eigenvalue weighted by molar-refractivity contribution is 0.206. The number of benzene rings is 1. The Hall–Kier alpha value is -1.54. The van der Waals surface area contributed by atoms with Crippen molar-refractivity contribution in [2.24, 2.45) is 5.92 Å². The molecule has 2 heteroatoms. The molecule has 0 fully saturated rings. The third kappa shape index (κ3) is 4.74. The lowest BCUT2D eigenvalue weighted by Crippen LogP contribution is -2.07. The van der Waals surface area contributed by atoms with Crippen molar-refractivity contribution in [2.75, 3.05) is 7.11 Å². The summed E-state index contributed by atoms with van der Waals surface area (Å²) in [6, 6.07) is 8.25. The smallest absolute Gasteiger partial charge is 0.119 e. The van der Waals surface area contributed by atoms with Crippen molar-refractivity contribution < 1.29 is 9.84 Å². The summed E-state index contributed by atoms with van der Waals surface area (Å²) in [4.78, 5) is 0. The Balaban J connectivity index is 1.78. The van der Waals surface area contributed by atoms with E-state index in [2.05, 4.69) is 38.1 Å². The number of hydrogen-bond acceptors (Lipinski definition) is 2. The third-order valence-electron chi connectivity index (χ3n) is 4.48. The average molecular weight is 300 g/mol. The lowest BCUT2D eigenvalue weighted by Gasteiger charge is -2.13. The second-order valence-corrected chi connectivity index (χ2v) is 6.36. The minimum atomic E-state index is -0.201. The van der Waals surface area contributed by atoms with E-state index < -0.39 is 0 Å². The normalized spacial score (nSPS) is 19.9. The van der Waals surface area contributed by atoms with Crippen LogP contribution in [0.25, 0.3) is 0 Å². The third-order valence-corrected chi connectivity index (χ3v) is 4.48. The van der Waals surface area contributed by atoms with Crippen LogP contribution in [0.15, 0.2) is 47.6 Å². The maximum atomic E-state index is 9.98. The van der Waals surface area contributed by atoms with E-state index in [-0.39, 0.29) is 6.10 Å². The summed E-state index contributed by atoms with van der Waals surface area (Å²) >= 11 is 0. The Kier molecular flexibility index (Phi) is 6.26. The topological polar surface area (TPSA) is 29.5 Å². The molecular formula is C20H28O2. The molecule has 0 heterocycles. The second-order valence-electron chi connectivity index (χ2n) is 6.36. The fraction of sp³-hybridized carbons (Fsp3) is 0.500. The van der Waals surface area contributed by atoms with Crippen molar-refractivity contribution in [1.29, 1.82) is 0 Å². The molecule has 0 aliphatic heterocycles. The van der Waals surface area contributed by atoms with E-state index in [4.69, 9.17) is 4.74 Å². The summed E-state index contributed by atoms with van der Waals surface area (Å²) in [7, 11) is 1.70. The van der Waals surface area contributed by atoms with Crippen molar-refractivity contribution in [3.05, 3.63) is 53.1 Å². The van der Waals surface area contributed by atoms with Gasteiger partial charge in [-0.15, -0.1) is 0 Å². The van der Waals surface area contributed by atoms with E-state index in [1.165, 1.54) is 16.7 Å². The van der Waals surface area contributed by atoms with Crippen LogP contribution in [0.5, 0.6) is 5.75 Å². The molecule has 2 rings (SSSR count). The molecule has 0 amide bonds. The highest BCUT2D eigenvalue weighted by Crippen LogP contribution is 2.31. The van der Waals surface area contributed by atoms with Gasteiger partial charge in [-0.1, -0.05) is 36.8 Å². The van der Waals surface area contributed by atoms with Gasteiger partial charge < -0.3 is 9.84 Å². The van der Waals surface area contributed by atoms with Gasteiger partial charge in [-0.25, -0.2) is 0 Å². The predicted molar refractivity (Wildman–Crippen MR) is 92.2 cm³/mol. The van der Waals surface area contributed by atoms with E-state index in [1.807, 2.05) is 12.1 Å². The summed E-state index contributed by atoms with van der Waals surface area (Å²) in [6.07, 6.45) is 9.38. The molecule has 2 atom stereocenters. The summed E-state index contributed by atoms with van der Waals surface area (Å²) in [5.41, 5.74) is 3.97. The molecule has 0 unspecified atom stereocenters. The molecule has 0 saturated carbocycles. The quantitative estimate of drug-likeness (QED) is 0.741. The first-order chi connectivity index (χ1) is 10.6. The monoisotopic (exact) mass is 300 g/mol. The van der Waals surface area contributed by atoms with Crippen molar-refractivity contribution in [2.45, 2.75) is 52.1 Å². The van der Waals surface area contributed by atoms with Crippen molar-refractivity contribution >= 4 is 0 Å². The lowest BCUT2D eigenvalue weighted by atomic mass is 9.96. The van der Waals surface area contributed by atoms with Crippen molar-refractivity contribution in [1.82, 2.24) is 0 Å². The molecule has 1 aliphatic carbocycles. The molecule has 1 aliphatic rings. The number of aliphatic hydroxyl groups excluding tert-OH is 1. The summed E-state index contributed by atoms with van der Waals surface area (Å²) < 4.78 is 5.25. The van der Waals surface area contributed by atoms with Gasteiger partial charge in [0.05, 0.1) is 13.2 Å². The van der Waals surface area contributed by atoms with E-state index >= 15 is 0 Å². The first-order valence-corrected chi connectivity index (χ1v) is 8.26. The molecule has 22 heavy (non-hydrogen) atoms. The highest BCUT2D eigenvalue weighted by molar-refractivity contribution is 5.28. The summed E-state index contributed by atoms with van der Waals surface area (Å²) in [6.45, 7) is 4.39. The van der Waals surface area contributed by atoms with Crippen LogP contribution in [0.1, 0.15) is 45.1 Å². The second kappa shape index (κ2) is 8.19.